The molecule has 0 fully saturated rings. The zero-order chi connectivity index (χ0) is 19.7. The number of hydrogen-bond donors (Lipinski definition) is 1. The molecule has 0 aliphatic rings. The Bertz CT molecular complexity index is 1050. The second-order valence-electron chi connectivity index (χ2n) is 6.15. The largest absolute Gasteiger partial charge is 0.493 e. The van der Waals surface area contributed by atoms with Crippen LogP contribution in [0, 0.1) is 13.8 Å². The molecule has 3 aromatic rings. The van der Waals surface area contributed by atoms with Crippen LogP contribution in [0.15, 0.2) is 45.0 Å². The van der Waals surface area contributed by atoms with E-state index in [4.69, 9.17) is 16.3 Å². The number of benzene rings is 2. The molecule has 3 rings (SSSR count). The first-order valence-corrected chi connectivity index (χ1v) is 9.26. The maximum Gasteiger partial charge on any atom is 0.302 e. The number of hydrogen-bond acceptors (Lipinski definition) is 4. The number of aromatic nitrogens is 1. The van der Waals surface area contributed by atoms with E-state index in [-0.39, 0.29) is 18.2 Å². The summed E-state index contributed by atoms with van der Waals surface area (Å²) in [7, 11) is 1.71. The van der Waals surface area contributed by atoms with E-state index in [1.807, 2.05) is 32.0 Å². The van der Waals surface area contributed by atoms with Gasteiger partial charge in [-0.25, -0.2) is 0 Å². The van der Waals surface area contributed by atoms with Gasteiger partial charge in [0.15, 0.2) is 12.3 Å². The quantitative estimate of drug-likeness (QED) is 0.525. The first kappa shape index (κ1) is 19.4. The van der Waals surface area contributed by atoms with Gasteiger partial charge in [-0.3, -0.25) is 4.79 Å². The number of carbonyl (C=O) groups excluding carboxylic acids is 1. The Morgan fingerprint density at radius 3 is 2.59 bits per heavy atom. The van der Waals surface area contributed by atoms with Crippen molar-refractivity contribution in [1.82, 2.24) is 4.57 Å². The van der Waals surface area contributed by atoms with E-state index >= 15 is 0 Å². The summed E-state index contributed by atoms with van der Waals surface area (Å²) in [4.78, 5) is 12.0. The third-order valence-electron chi connectivity index (χ3n) is 4.14. The van der Waals surface area contributed by atoms with Gasteiger partial charge in [-0.1, -0.05) is 27.5 Å². The third kappa shape index (κ3) is 3.99. The molecule has 0 aliphatic heterocycles. The van der Waals surface area contributed by atoms with E-state index in [0.29, 0.717) is 16.2 Å². The lowest BCUT2D eigenvalue weighted by atomic mass is 10.1. The van der Waals surface area contributed by atoms with E-state index in [9.17, 15) is 9.90 Å². The second-order valence-corrected chi connectivity index (χ2v) is 7.44. The molecule has 8 heteroatoms. The molecule has 27 heavy (non-hydrogen) atoms. The number of rotatable bonds is 4. The number of amides is 1. The van der Waals surface area contributed by atoms with Crippen LogP contribution in [0.25, 0.3) is 10.9 Å². The molecular formula is C19H17BrClN3O3. The van der Waals surface area contributed by atoms with E-state index in [2.05, 4.69) is 26.2 Å². The van der Waals surface area contributed by atoms with Crippen LogP contribution in [0.5, 0.6) is 11.6 Å². The molecule has 0 bridgehead atoms. The maximum atomic E-state index is 12.0. The minimum atomic E-state index is -0.563. The van der Waals surface area contributed by atoms with E-state index < -0.39 is 5.91 Å². The second kappa shape index (κ2) is 7.70. The molecule has 1 heterocycles. The molecule has 6 nitrogen and oxygen atoms in total. The normalized spacial score (nSPS) is 11.4. The van der Waals surface area contributed by atoms with Crippen LogP contribution < -0.4 is 4.74 Å². The summed E-state index contributed by atoms with van der Waals surface area (Å²) in [6.45, 7) is 3.47. The topological polar surface area (TPSA) is 76.2 Å². The predicted molar refractivity (Wildman–Crippen MR) is 108 cm³/mol. The Labute approximate surface area is 169 Å². The third-order valence-corrected chi connectivity index (χ3v) is 5.23. The van der Waals surface area contributed by atoms with Crippen molar-refractivity contribution in [2.45, 2.75) is 13.8 Å². The smallest absolute Gasteiger partial charge is 0.302 e. The number of azo groups is 1. The highest BCUT2D eigenvalue weighted by Gasteiger charge is 2.15. The minimum Gasteiger partial charge on any atom is -0.493 e. The lowest BCUT2D eigenvalue weighted by Crippen LogP contribution is -2.08. The van der Waals surface area contributed by atoms with Crippen LogP contribution in [0.4, 0.5) is 5.69 Å². The van der Waals surface area contributed by atoms with E-state index in [0.717, 1.165) is 21.1 Å². The summed E-state index contributed by atoms with van der Waals surface area (Å²) in [5.41, 5.74) is 2.75. The Balaban J connectivity index is 1.77. The fourth-order valence-electron chi connectivity index (χ4n) is 2.75. The fourth-order valence-corrected chi connectivity index (χ4v) is 3.22. The summed E-state index contributed by atoms with van der Waals surface area (Å²) in [5, 5.41) is 19.2. The zero-order valence-corrected chi connectivity index (χ0v) is 17.3. The van der Waals surface area contributed by atoms with Crippen molar-refractivity contribution < 1.29 is 14.6 Å². The zero-order valence-electron chi connectivity index (χ0n) is 15.0. The molecule has 1 aromatic heterocycles. The predicted octanol–water partition coefficient (Wildman–Crippen LogP) is 5.61. The van der Waals surface area contributed by atoms with Gasteiger partial charge >= 0.3 is 5.91 Å². The maximum absolute atomic E-state index is 12.0. The number of aromatic hydroxyl groups is 1. The first-order valence-electron chi connectivity index (χ1n) is 8.09. The molecular weight excluding hydrogens is 434 g/mol. The van der Waals surface area contributed by atoms with Gasteiger partial charge in [0.1, 0.15) is 5.75 Å². The van der Waals surface area contributed by atoms with Crippen LogP contribution in [0.3, 0.4) is 0 Å². The molecule has 1 N–H and O–H groups in total. The van der Waals surface area contributed by atoms with Crippen LogP contribution in [0.2, 0.25) is 5.02 Å². The monoisotopic (exact) mass is 449 g/mol. The highest BCUT2D eigenvalue weighted by Crippen LogP contribution is 2.39. The van der Waals surface area contributed by atoms with Gasteiger partial charge in [0, 0.05) is 21.9 Å². The number of ether oxygens (including phenoxy) is 1. The summed E-state index contributed by atoms with van der Waals surface area (Å²) < 4.78 is 7.89. The first-order chi connectivity index (χ1) is 12.8. The van der Waals surface area contributed by atoms with Crippen molar-refractivity contribution in [3.05, 3.63) is 51.0 Å². The fraction of sp³-hybridized carbons (Fsp3) is 0.211. The summed E-state index contributed by atoms with van der Waals surface area (Å²) in [5.74, 6) is -0.0916. The number of halogens is 2. The number of fused-ring (bicyclic) bond motifs is 1. The summed E-state index contributed by atoms with van der Waals surface area (Å²) in [6, 6.07) is 9.03. The van der Waals surface area contributed by atoms with E-state index in [1.165, 1.54) is 0 Å². The van der Waals surface area contributed by atoms with Gasteiger partial charge in [-0.2, -0.15) is 0 Å². The number of aryl methyl sites for hydroxylation is 3. The van der Waals surface area contributed by atoms with Gasteiger partial charge in [-0.15, -0.1) is 10.2 Å². The van der Waals surface area contributed by atoms with E-state index in [1.54, 1.807) is 23.7 Å². The number of carbonyl (C=O) groups is 1. The lowest BCUT2D eigenvalue weighted by Gasteiger charge is -2.08. The minimum absolute atomic E-state index is 0.0653. The standard InChI is InChI=1S/C19H17BrClN3O3/c1-10-6-13(7-11(2)17(10)21)27-9-16(25)22-23-18-14-8-12(20)4-5-15(14)24(3)19(18)26/h4-8,26H,9H2,1-3H3. The van der Waals surface area contributed by atoms with Crippen molar-refractivity contribution in [3.63, 3.8) is 0 Å². The van der Waals surface area contributed by atoms with Crippen LogP contribution in [0.1, 0.15) is 11.1 Å². The Kier molecular flexibility index (Phi) is 5.53. The molecule has 0 saturated heterocycles. The molecule has 1 amide bonds. The number of nitrogens with zero attached hydrogens (tertiary/aromatic N) is 3. The van der Waals surface area contributed by atoms with Crippen molar-refractivity contribution in [3.8, 4) is 11.6 Å². The highest BCUT2D eigenvalue weighted by atomic mass is 79.9. The molecule has 140 valence electrons. The average molecular weight is 451 g/mol. The van der Waals surface area contributed by atoms with Gasteiger partial charge in [0.2, 0.25) is 5.88 Å². The van der Waals surface area contributed by atoms with Crippen LogP contribution >= 0.6 is 27.5 Å². The molecule has 2 aromatic carbocycles. The summed E-state index contributed by atoms with van der Waals surface area (Å²) >= 11 is 9.51. The van der Waals surface area contributed by atoms with Crippen LogP contribution in [-0.4, -0.2) is 22.2 Å². The summed E-state index contributed by atoms with van der Waals surface area (Å²) in [6.07, 6.45) is 0. The van der Waals surface area contributed by atoms with Gasteiger partial charge in [-0.05, 0) is 55.3 Å². The Hall–Kier alpha value is -2.38. The Morgan fingerprint density at radius 2 is 1.93 bits per heavy atom. The van der Waals surface area contributed by atoms with Crippen molar-refractivity contribution in [2.24, 2.45) is 17.3 Å². The average Bonchev–Trinajstić information content (AvgIpc) is 2.86. The van der Waals surface area contributed by atoms with Crippen molar-refractivity contribution in [1.29, 1.82) is 0 Å². The van der Waals surface area contributed by atoms with Gasteiger partial charge in [0.25, 0.3) is 0 Å². The lowest BCUT2D eigenvalue weighted by molar-refractivity contribution is -0.120. The van der Waals surface area contributed by atoms with Gasteiger partial charge in [0.05, 0.1) is 5.52 Å². The van der Waals surface area contributed by atoms with Crippen LogP contribution in [-0.2, 0) is 11.8 Å². The Morgan fingerprint density at radius 1 is 1.26 bits per heavy atom. The highest BCUT2D eigenvalue weighted by molar-refractivity contribution is 9.10. The molecule has 0 atom stereocenters. The molecule has 0 saturated carbocycles. The van der Waals surface area contributed by atoms with Crippen molar-refractivity contribution in [2.75, 3.05) is 6.61 Å². The molecule has 0 aliphatic carbocycles. The molecule has 0 unspecified atom stereocenters. The molecule has 0 radical (unpaired) electrons. The van der Waals surface area contributed by atoms with Gasteiger partial charge < -0.3 is 14.4 Å². The van der Waals surface area contributed by atoms with Crippen molar-refractivity contribution >= 4 is 50.0 Å². The SMILES string of the molecule is Cc1cc(OCC(=O)N=Nc2c(O)n(C)c3ccc(Br)cc23)cc(C)c1Cl. The molecule has 0 spiro atoms.